The van der Waals surface area contributed by atoms with Gasteiger partial charge in [-0.25, -0.2) is 24.5 Å². The highest BCUT2D eigenvalue weighted by molar-refractivity contribution is 7.22. The maximum Gasteiger partial charge on any atom is 0.411 e. The highest BCUT2D eigenvalue weighted by Gasteiger charge is 2.52. The van der Waals surface area contributed by atoms with E-state index in [1.807, 2.05) is 31.2 Å². The molecule has 5 heterocycles. The molecule has 2 N–H and O–H groups in total. The summed E-state index contributed by atoms with van der Waals surface area (Å²) < 4.78 is 17.3. The first-order valence-corrected chi connectivity index (χ1v) is 18.5. The highest BCUT2D eigenvalue weighted by atomic mass is 32.1. The van der Waals surface area contributed by atoms with Gasteiger partial charge < -0.3 is 24.4 Å². The topological polar surface area (TPSA) is 161 Å². The molecule has 2 saturated heterocycles. The van der Waals surface area contributed by atoms with E-state index in [4.69, 9.17) is 14.2 Å². The molecule has 2 aliphatic heterocycles. The van der Waals surface area contributed by atoms with E-state index in [9.17, 15) is 14.4 Å². The first-order chi connectivity index (χ1) is 24.9. The number of benzene rings is 1. The van der Waals surface area contributed by atoms with E-state index in [0.717, 1.165) is 73.2 Å². The molecule has 0 unspecified atom stereocenters. The Morgan fingerprint density at radius 2 is 1.69 bits per heavy atom. The lowest BCUT2D eigenvalue weighted by atomic mass is 9.73. The average Bonchev–Trinajstić information content (AvgIpc) is 3.46. The summed E-state index contributed by atoms with van der Waals surface area (Å²) in [6.45, 7) is 10.6. The summed E-state index contributed by atoms with van der Waals surface area (Å²) in [4.78, 5) is 59.6. The third kappa shape index (κ3) is 8.59. The van der Waals surface area contributed by atoms with Crippen molar-refractivity contribution in [2.24, 2.45) is 5.41 Å². The largest absolute Gasteiger partial charge is 0.479 e. The van der Waals surface area contributed by atoms with Gasteiger partial charge in [-0.15, -0.1) is 0 Å². The number of anilines is 3. The van der Waals surface area contributed by atoms with Crippen LogP contribution in [0.2, 0.25) is 0 Å². The van der Waals surface area contributed by atoms with Crippen molar-refractivity contribution in [2.75, 3.05) is 54.9 Å². The number of nitrogens with one attached hydrogen (secondary N) is 2. The van der Waals surface area contributed by atoms with Crippen molar-refractivity contribution in [1.82, 2.24) is 24.8 Å². The van der Waals surface area contributed by atoms with Crippen LogP contribution in [0.1, 0.15) is 58.6 Å². The zero-order valence-electron chi connectivity index (χ0n) is 29.9. The Hall–Kier alpha value is -4.89. The Labute approximate surface area is 306 Å². The lowest BCUT2D eigenvalue weighted by Gasteiger charge is -2.60. The molecule has 4 aromatic rings. The molecule has 14 nitrogen and oxygen atoms in total. The van der Waals surface area contributed by atoms with E-state index < -0.39 is 17.7 Å². The molecule has 7 rings (SSSR count). The van der Waals surface area contributed by atoms with Gasteiger partial charge >= 0.3 is 12.1 Å². The highest BCUT2D eigenvalue weighted by Crippen LogP contribution is 2.41. The van der Waals surface area contributed by atoms with Crippen molar-refractivity contribution < 1.29 is 28.6 Å². The van der Waals surface area contributed by atoms with Crippen LogP contribution in [0.5, 0.6) is 5.75 Å². The van der Waals surface area contributed by atoms with Crippen LogP contribution in [0.25, 0.3) is 21.3 Å². The number of carbonyl (C=O) groups excluding carboxylic acids is 3. The molecule has 15 heteroatoms. The van der Waals surface area contributed by atoms with Gasteiger partial charge in [-0.2, -0.15) is 0 Å². The summed E-state index contributed by atoms with van der Waals surface area (Å²) in [5.41, 5.74) is 3.45. The lowest BCUT2D eigenvalue weighted by molar-refractivity contribution is -0.157. The number of aromatic nitrogens is 4. The summed E-state index contributed by atoms with van der Waals surface area (Å²) in [7, 11) is 0. The van der Waals surface area contributed by atoms with Gasteiger partial charge in [-0.1, -0.05) is 23.8 Å². The van der Waals surface area contributed by atoms with E-state index in [2.05, 4.69) is 40.4 Å². The fourth-order valence-electron chi connectivity index (χ4n) is 6.99. The number of esters is 1. The normalized spacial score (nSPS) is 17.3. The van der Waals surface area contributed by atoms with Crippen molar-refractivity contribution in [3.63, 3.8) is 0 Å². The summed E-state index contributed by atoms with van der Waals surface area (Å²) in [6.07, 6.45) is 9.62. The van der Waals surface area contributed by atoms with Crippen LogP contribution in [0.15, 0.2) is 42.9 Å². The Kier molecular flexibility index (Phi) is 9.98. The molecule has 1 saturated carbocycles. The number of fused-ring (bicyclic) bond motifs is 1. The molecule has 52 heavy (non-hydrogen) atoms. The summed E-state index contributed by atoms with van der Waals surface area (Å²) >= 11 is 1.42. The van der Waals surface area contributed by atoms with Gasteiger partial charge in [0, 0.05) is 43.4 Å². The average molecular weight is 729 g/mol. The van der Waals surface area contributed by atoms with E-state index >= 15 is 0 Å². The molecule has 3 fully saturated rings. The third-order valence-corrected chi connectivity index (χ3v) is 10.3. The first-order valence-electron chi connectivity index (χ1n) is 17.7. The first kappa shape index (κ1) is 35.5. The lowest BCUT2D eigenvalue weighted by Crippen LogP contribution is -2.73. The van der Waals surface area contributed by atoms with Gasteiger partial charge in [0.2, 0.25) is 11.9 Å². The number of rotatable bonds is 10. The third-order valence-electron chi connectivity index (χ3n) is 9.33. The van der Waals surface area contributed by atoms with Crippen LogP contribution in [0.4, 0.5) is 21.6 Å². The van der Waals surface area contributed by atoms with Crippen LogP contribution in [0.3, 0.4) is 0 Å². The number of aryl methyl sites for hydroxylation is 1. The van der Waals surface area contributed by atoms with Crippen LogP contribution in [0, 0.1) is 12.3 Å². The molecule has 1 aliphatic carbocycles. The molecule has 0 bridgehead atoms. The molecule has 274 valence electrons. The number of likely N-dealkylation sites (tertiary alicyclic amines) is 1. The predicted octanol–water partition coefficient (Wildman–Crippen LogP) is 5.82. The summed E-state index contributed by atoms with van der Waals surface area (Å²) in [5.74, 6) is 0.457. The minimum atomic E-state index is -0.572. The van der Waals surface area contributed by atoms with Crippen molar-refractivity contribution in [2.45, 2.75) is 71.5 Å². The van der Waals surface area contributed by atoms with E-state index in [1.165, 1.54) is 17.8 Å². The maximum atomic E-state index is 13.0. The molecular formula is C37H44N8O6S. The standard InChI is InChI=1S/C37H44N8O6S/c1-23-29(42-35(48)50-26-8-6-5-7-9-26)12-25(14-38-23)24-10-11-28-30(13-24)52-34(41-28)43-31(46)17-44-19-37(20-44)21-45(22-37)33-39-15-27(16-40-33)49-18-32(47)51-36(2,3)4/h10-16,26H,5-9,17-22H2,1-4H3,(H,42,48)(H,41,43,46). The molecule has 0 radical (unpaired) electrons. The van der Waals surface area contributed by atoms with Gasteiger partial charge in [-0.3, -0.25) is 20.0 Å². The summed E-state index contributed by atoms with van der Waals surface area (Å²) in [5, 5.41) is 6.41. The van der Waals surface area contributed by atoms with E-state index in [-0.39, 0.29) is 30.6 Å². The Bertz CT molecular complexity index is 1940. The monoisotopic (exact) mass is 728 g/mol. The SMILES string of the molecule is Cc1ncc(-c2ccc3nc(NC(=O)CN4CC5(C4)CN(c4ncc(OCC(=O)OC(C)(C)C)cn4)C5)sc3c2)cc1NC(=O)OC1CCCCC1. The number of ether oxygens (including phenoxy) is 3. The van der Waals surface area contributed by atoms with Gasteiger partial charge in [0.1, 0.15) is 11.7 Å². The minimum Gasteiger partial charge on any atom is -0.479 e. The number of nitrogens with zero attached hydrogens (tertiary/aromatic N) is 6. The number of thiazole rings is 1. The second-order valence-corrected chi connectivity index (χ2v) is 16.0. The van der Waals surface area contributed by atoms with Crippen LogP contribution in [-0.4, -0.2) is 93.8 Å². The van der Waals surface area contributed by atoms with Crippen molar-refractivity contribution in [1.29, 1.82) is 0 Å². The van der Waals surface area contributed by atoms with E-state index in [0.29, 0.717) is 28.2 Å². The molecular weight excluding hydrogens is 685 g/mol. The van der Waals surface area contributed by atoms with Crippen molar-refractivity contribution >= 4 is 56.3 Å². The van der Waals surface area contributed by atoms with Crippen LogP contribution in [-0.2, 0) is 19.1 Å². The fourth-order valence-corrected chi connectivity index (χ4v) is 7.91. The summed E-state index contributed by atoms with van der Waals surface area (Å²) in [6, 6.07) is 7.82. The molecule has 3 aliphatic rings. The van der Waals surface area contributed by atoms with Crippen LogP contribution >= 0.6 is 11.3 Å². The second kappa shape index (κ2) is 14.6. The maximum absolute atomic E-state index is 13.0. The van der Waals surface area contributed by atoms with Gasteiger partial charge in [0.25, 0.3) is 0 Å². The second-order valence-electron chi connectivity index (χ2n) is 15.0. The zero-order valence-corrected chi connectivity index (χ0v) is 30.8. The van der Waals surface area contributed by atoms with Crippen molar-refractivity contribution in [3.05, 3.63) is 48.5 Å². The van der Waals surface area contributed by atoms with Gasteiger partial charge in [0.05, 0.1) is 40.5 Å². The molecule has 1 spiro atoms. The number of pyridine rings is 1. The number of amides is 2. The number of hydrogen-bond donors (Lipinski definition) is 2. The zero-order chi connectivity index (χ0) is 36.5. The van der Waals surface area contributed by atoms with Gasteiger partial charge in [-0.05, 0) is 77.1 Å². The van der Waals surface area contributed by atoms with Crippen molar-refractivity contribution in [3.8, 4) is 16.9 Å². The number of hydrogen-bond acceptors (Lipinski definition) is 13. The Balaban J connectivity index is 0.867. The Morgan fingerprint density at radius 3 is 2.42 bits per heavy atom. The quantitative estimate of drug-likeness (QED) is 0.189. The molecule has 2 amide bonds. The molecule has 1 aromatic carbocycles. The Morgan fingerprint density at radius 1 is 0.942 bits per heavy atom. The molecule has 3 aromatic heterocycles. The van der Waals surface area contributed by atoms with E-state index in [1.54, 1.807) is 39.4 Å². The van der Waals surface area contributed by atoms with Gasteiger partial charge in [0.15, 0.2) is 17.5 Å². The minimum absolute atomic E-state index is 0.0293. The van der Waals surface area contributed by atoms with Crippen LogP contribution < -0.4 is 20.3 Å². The smallest absolute Gasteiger partial charge is 0.411 e. The fraction of sp³-hybridized carbons (Fsp3) is 0.486. The molecule has 0 atom stereocenters. The number of carbonyl (C=O) groups is 3. The predicted molar refractivity (Wildman–Crippen MR) is 198 cm³/mol.